The number of benzene rings is 1. The fourth-order valence-corrected chi connectivity index (χ4v) is 3.48. The van der Waals surface area contributed by atoms with Crippen LogP contribution in [0.3, 0.4) is 0 Å². The van der Waals surface area contributed by atoms with Gasteiger partial charge in [-0.1, -0.05) is 76.5 Å². The van der Waals surface area contributed by atoms with Crippen LogP contribution in [-0.4, -0.2) is 11.1 Å². The van der Waals surface area contributed by atoms with Gasteiger partial charge in [0.2, 0.25) is 0 Å². The van der Waals surface area contributed by atoms with E-state index in [0.29, 0.717) is 5.75 Å². The highest BCUT2D eigenvalue weighted by Gasteiger charge is 2.19. The lowest BCUT2D eigenvalue weighted by Gasteiger charge is -2.13. The fourth-order valence-electron chi connectivity index (χ4n) is 2.31. The summed E-state index contributed by atoms with van der Waals surface area (Å²) in [4.78, 5) is 9.80. The molecule has 0 fully saturated rings. The summed E-state index contributed by atoms with van der Waals surface area (Å²) >= 11 is 0. The van der Waals surface area contributed by atoms with Crippen molar-refractivity contribution in [2.24, 2.45) is 0 Å². The summed E-state index contributed by atoms with van der Waals surface area (Å²) in [6, 6.07) is 8.87. The molecule has 0 spiro atoms. The van der Waals surface area contributed by atoms with Gasteiger partial charge in [0.25, 0.3) is 0 Å². The molecule has 0 saturated carbocycles. The average molecular weight is 312 g/mol. The minimum Gasteiger partial charge on any atom is -0.424 e. The van der Waals surface area contributed by atoms with Crippen molar-refractivity contribution in [2.75, 3.05) is 6.16 Å². The first-order valence-corrected chi connectivity index (χ1v) is 9.97. The number of hydrogen-bond acceptors (Lipinski definition) is 2. The van der Waals surface area contributed by atoms with Crippen molar-refractivity contribution in [2.45, 2.75) is 64.7 Å². The van der Waals surface area contributed by atoms with Gasteiger partial charge in [-0.15, -0.1) is 0 Å². The molecule has 120 valence electrons. The van der Waals surface area contributed by atoms with Crippen molar-refractivity contribution in [1.82, 2.24) is 0 Å². The van der Waals surface area contributed by atoms with Crippen LogP contribution in [0.5, 0.6) is 5.75 Å². The maximum atomic E-state index is 11.9. The van der Waals surface area contributed by atoms with Crippen LogP contribution in [0.2, 0.25) is 0 Å². The standard InChI is InChI=1S/C17H29O3P/c1-2-3-4-5-6-7-8-9-13-16-21(18,19)20-17-14-11-10-12-15-17/h10-12,14-15H,2-9,13,16H2,1H3,(H,18,19). The predicted octanol–water partition coefficient (Wildman–Crippen LogP) is 5.78. The molecule has 21 heavy (non-hydrogen) atoms. The van der Waals surface area contributed by atoms with Crippen molar-refractivity contribution < 1.29 is 14.0 Å². The van der Waals surface area contributed by atoms with E-state index in [1.165, 1.54) is 38.5 Å². The number of unbranched alkanes of at least 4 members (excludes halogenated alkanes) is 8. The molecule has 0 aliphatic rings. The maximum Gasteiger partial charge on any atom is 0.376 e. The molecule has 0 aliphatic carbocycles. The van der Waals surface area contributed by atoms with Crippen LogP contribution in [0, 0.1) is 0 Å². The topological polar surface area (TPSA) is 46.5 Å². The molecule has 3 nitrogen and oxygen atoms in total. The molecule has 0 radical (unpaired) electrons. The van der Waals surface area contributed by atoms with E-state index in [0.717, 1.165) is 19.3 Å². The van der Waals surface area contributed by atoms with Gasteiger partial charge in [0, 0.05) is 0 Å². The lowest BCUT2D eigenvalue weighted by atomic mass is 10.1. The summed E-state index contributed by atoms with van der Waals surface area (Å²) in [6.45, 7) is 2.23. The smallest absolute Gasteiger partial charge is 0.376 e. The Morgan fingerprint density at radius 1 is 0.905 bits per heavy atom. The Balaban J connectivity index is 2.05. The van der Waals surface area contributed by atoms with Crippen molar-refractivity contribution in [3.63, 3.8) is 0 Å². The van der Waals surface area contributed by atoms with Crippen LogP contribution in [0.1, 0.15) is 64.7 Å². The molecular formula is C17H29O3P. The first-order valence-electron chi connectivity index (χ1n) is 8.20. The van der Waals surface area contributed by atoms with Crippen molar-refractivity contribution >= 4 is 7.60 Å². The summed E-state index contributed by atoms with van der Waals surface area (Å²) in [7, 11) is -3.48. The molecule has 1 atom stereocenters. The molecule has 1 aromatic rings. The third-order valence-electron chi connectivity index (χ3n) is 3.54. The molecule has 0 heterocycles. The van der Waals surface area contributed by atoms with E-state index in [-0.39, 0.29) is 6.16 Å². The second-order valence-electron chi connectivity index (χ2n) is 5.59. The maximum absolute atomic E-state index is 11.9. The van der Waals surface area contributed by atoms with Gasteiger partial charge >= 0.3 is 7.60 Å². The van der Waals surface area contributed by atoms with Gasteiger partial charge < -0.3 is 9.42 Å². The van der Waals surface area contributed by atoms with E-state index in [2.05, 4.69) is 6.92 Å². The monoisotopic (exact) mass is 312 g/mol. The van der Waals surface area contributed by atoms with Crippen molar-refractivity contribution in [3.05, 3.63) is 30.3 Å². The molecule has 0 aliphatic heterocycles. The molecule has 0 saturated heterocycles. The average Bonchev–Trinajstić information content (AvgIpc) is 2.46. The third kappa shape index (κ3) is 9.71. The molecule has 0 aromatic heterocycles. The van der Waals surface area contributed by atoms with Crippen LogP contribution in [-0.2, 0) is 4.57 Å². The Labute approximate surface area is 129 Å². The number of para-hydroxylation sites is 1. The lowest BCUT2D eigenvalue weighted by Crippen LogP contribution is -1.97. The Bertz CT molecular complexity index is 406. The zero-order chi connectivity index (χ0) is 15.4. The SMILES string of the molecule is CCCCCCCCCCCP(=O)(O)Oc1ccccc1. The predicted molar refractivity (Wildman–Crippen MR) is 89.0 cm³/mol. The van der Waals surface area contributed by atoms with Crippen LogP contribution >= 0.6 is 7.60 Å². The normalized spacial score (nSPS) is 13.8. The Morgan fingerprint density at radius 3 is 2.00 bits per heavy atom. The molecular weight excluding hydrogens is 283 g/mol. The zero-order valence-corrected chi connectivity index (χ0v) is 14.1. The lowest BCUT2D eigenvalue weighted by molar-refractivity contribution is 0.377. The molecule has 0 amide bonds. The van der Waals surface area contributed by atoms with Gasteiger partial charge in [0.1, 0.15) is 5.75 Å². The molecule has 1 N–H and O–H groups in total. The largest absolute Gasteiger partial charge is 0.424 e. The fraction of sp³-hybridized carbons (Fsp3) is 0.647. The number of rotatable bonds is 12. The van der Waals surface area contributed by atoms with Gasteiger partial charge in [-0.25, -0.2) is 4.57 Å². The van der Waals surface area contributed by atoms with E-state index >= 15 is 0 Å². The third-order valence-corrected chi connectivity index (χ3v) is 4.91. The minimum atomic E-state index is -3.48. The second-order valence-corrected chi connectivity index (χ2v) is 7.50. The Morgan fingerprint density at radius 2 is 1.43 bits per heavy atom. The summed E-state index contributed by atoms with van der Waals surface area (Å²) in [5.74, 6) is 0.472. The Hall–Kier alpha value is -0.790. The Kier molecular flexibility index (Phi) is 9.45. The molecule has 0 bridgehead atoms. The van der Waals surface area contributed by atoms with Gasteiger partial charge in [-0.05, 0) is 18.6 Å². The van der Waals surface area contributed by atoms with Crippen LogP contribution < -0.4 is 4.52 Å². The highest BCUT2D eigenvalue weighted by molar-refractivity contribution is 7.53. The van der Waals surface area contributed by atoms with Gasteiger partial charge in [0.05, 0.1) is 6.16 Å². The summed E-state index contributed by atoms with van der Waals surface area (Å²) in [5, 5.41) is 0. The summed E-state index contributed by atoms with van der Waals surface area (Å²) < 4.78 is 17.1. The van der Waals surface area contributed by atoms with Crippen LogP contribution in [0.15, 0.2) is 30.3 Å². The van der Waals surface area contributed by atoms with E-state index in [1.807, 2.05) is 6.07 Å². The molecule has 1 unspecified atom stereocenters. The van der Waals surface area contributed by atoms with Crippen LogP contribution in [0.4, 0.5) is 0 Å². The van der Waals surface area contributed by atoms with Crippen molar-refractivity contribution in [3.8, 4) is 5.75 Å². The van der Waals surface area contributed by atoms with Crippen molar-refractivity contribution in [1.29, 1.82) is 0 Å². The van der Waals surface area contributed by atoms with E-state index < -0.39 is 7.60 Å². The summed E-state index contributed by atoms with van der Waals surface area (Å²) in [6.07, 6.45) is 11.0. The zero-order valence-electron chi connectivity index (χ0n) is 13.2. The highest BCUT2D eigenvalue weighted by Crippen LogP contribution is 2.43. The van der Waals surface area contributed by atoms with E-state index in [1.54, 1.807) is 24.3 Å². The van der Waals surface area contributed by atoms with E-state index in [4.69, 9.17) is 4.52 Å². The van der Waals surface area contributed by atoms with Crippen LogP contribution in [0.25, 0.3) is 0 Å². The highest BCUT2D eigenvalue weighted by atomic mass is 31.2. The second kappa shape index (κ2) is 10.9. The summed E-state index contributed by atoms with van der Waals surface area (Å²) in [5.41, 5.74) is 0. The first kappa shape index (κ1) is 18.3. The number of hydrogen-bond donors (Lipinski definition) is 1. The van der Waals surface area contributed by atoms with Gasteiger partial charge in [-0.3, -0.25) is 0 Å². The van der Waals surface area contributed by atoms with E-state index in [9.17, 15) is 9.46 Å². The van der Waals surface area contributed by atoms with Gasteiger partial charge in [-0.2, -0.15) is 0 Å². The minimum absolute atomic E-state index is 0.248. The molecule has 1 rings (SSSR count). The molecule has 1 aromatic carbocycles. The quantitative estimate of drug-likeness (QED) is 0.393. The van der Waals surface area contributed by atoms with Gasteiger partial charge in [0.15, 0.2) is 0 Å². The first-order chi connectivity index (χ1) is 10.1. The molecule has 4 heteroatoms.